The van der Waals surface area contributed by atoms with Gasteiger partial charge in [-0.2, -0.15) is 0 Å². The molecule has 1 aromatic rings. The molecule has 1 atom stereocenters. The van der Waals surface area contributed by atoms with E-state index in [1.165, 1.54) is 0 Å². The van der Waals surface area contributed by atoms with Crippen LogP contribution in [0.1, 0.15) is 18.7 Å². The van der Waals surface area contributed by atoms with Gasteiger partial charge in [0.05, 0.1) is 6.54 Å². The number of imidazole rings is 1. The first kappa shape index (κ1) is 10.2. The molecule has 1 fully saturated rings. The Morgan fingerprint density at radius 2 is 2.67 bits per heavy atom. The molecule has 0 radical (unpaired) electrons. The Labute approximate surface area is 88.4 Å². The third-order valence-corrected chi connectivity index (χ3v) is 2.52. The number of nitrogens with zero attached hydrogens (tertiary/aromatic N) is 2. The van der Waals surface area contributed by atoms with Crippen LogP contribution < -0.4 is 0 Å². The molecule has 0 bridgehead atoms. The van der Waals surface area contributed by atoms with Crippen molar-refractivity contribution in [1.29, 1.82) is 0 Å². The van der Waals surface area contributed by atoms with Gasteiger partial charge in [-0.05, 0) is 12.8 Å². The summed E-state index contributed by atoms with van der Waals surface area (Å²) in [6.45, 7) is 1.21. The van der Waals surface area contributed by atoms with Crippen LogP contribution >= 0.6 is 0 Å². The molecule has 1 N–H and O–H groups in total. The monoisotopic (exact) mass is 209 g/mol. The number of carbonyl (C=O) groups is 1. The molecule has 1 aliphatic heterocycles. The van der Waals surface area contributed by atoms with Crippen LogP contribution in [-0.4, -0.2) is 40.5 Å². The number of amides is 1. The van der Waals surface area contributed by atoms with E-state index in [0.717, 1.165) is 18.7 Å². The van der Waals surface area contributed by atoms with E-state index in [2.05, 4.69) is 9.97 Å². The highest BCUT2D eigenvalue weighted by molar-refractivity contribution is 5.80. The first-order valence-electron chi connectivity index (χ1n) is 5.12. The minimum Gasteiger partial charge on any atom is -0.368 e. The van der Waals surface area contributed by atoms with Crippen molar-refractivity contribution in [2.45, 2.75) is 25.5 Å². The number of rotatable bonds is 3. The Hall–Kier alpha value is -1.36. The number of likely N-dealkylation sites (N-methyl/N-ethyl adjacent to an activating group) is 1. The van der Waals surface area contributed by atoms with E-state index in [0.29, 0.717) is 13.2 Å². The van der Waals surface area contributed by atoms with Crippen molar-refractivity contribution in [1.82, 2.24) is 14.9 Å². The van der Waals surface area contributed by atoms with E-state index in [-0.39, 0.29) is 12.0 Å². The van der Waals surface area contributed by atoms with Gasteiger partial charge in [-0.25, -0.2) is 4.98 Å². The van der Waals surface area contributed by atoms with Crippen LogP contribution in [0.4, 0.5) is 0 Å². The Morgan fingerprint density at radius 3 is 3.27 bits per heavy atom. The molecule has 82 valence electrons. The lowest BCUT2D eigenvalue weighted by Gasteiger charge is -2.19. The van der Waals surface area contributed by atoms with Crippen molar-refractivity contribution in [3.63, 3.8) is 0 Å². The molecule has 0 saturated carbocycles. The minimum absolute atomic E-state index is 0.0453. The van der Waals surface area contributed by atoms with Gasteiger partial charge < -0.3 is 14.6 Å². The molecule has 0 aromatic carbocycles. The van der Waals surface area contributed by atoms with Crippen LogP contribution in [0.2, 0.25) is 0 Å². The average molecular weight is 209 g/mol. The Balaban J connectivity index is 1.89. The van der Waals surface area contributed by atoms with Crippen molar-refractivity contribution >= 4 is 5.91 Å². The third kappa shape index (κ3) is 2.36. The zero-order chi connectivity index (χ0) is 10.7. The molecular formula is C10H15N3O2. The predicted octanol–water partition coefficient (Wildman–Crippen LogP) is 0.547. The second-order valence-corrected chi connectivity index (χ2v) is 3.73. The second kappa shape index (κ2) is 4.44. The Bertz CT molecular complexity index is 317. The number of hydrogen-bond acceptors (Lipinski definition) is 3. The zero-order valence-corrected chi connectivity index (χ0v) is 8.77. The molecule has 1 aliphatic rings. The fourth-order valence-electron chi connectivity index (χ4n) is 1.71. The lowest BCUT2D eigenvalue weighted by molar-refractivity contribution is -0.140. The maximum Gasteiger partial charge on any atom is 0.251 e. The van der Waals surface area contributed by atoms with Crippen molar-refractivity contribution in [3.8, 4) is 0 Å². The number of nitrogens with one attached hydrogen (secondary N) is 1. The van der Waals surface area contributed by atoms with Gasteiger partial charge in [0.1, 0.15) is 11.9 Å². The predicted molar refractivity (Wildman–Crippen MR) is 54.0 cm³/mol. The van der Waals surface area contributed by atoms with Crippen molar-refractivity contribution < 1.29 is 9.53 Å². The summed E-state index contributed by atoms with van der Waals surface area (Å²) in [5, 5.41) is 0. The normalized spacial score (nSPS) is 20.5. The number of aromatic amines is 1. The van der Waals surface area contributed by atoms with E-state index in [4.69, 9.17) is 4.74 Å². The van der Waals surface area contributed by atoms with E-state index in [9.17, 15) is 4.79 Å². The van der Waals surface area contributed by atoms with Crippen LogP contribution in [0.5, 0.6) is 0 Å². The third-order valence-electron chi connectivity index (χ3n) is 2.52. The first-order chi connectivity index (χ1) is 7.27. The van der Waals surface area contributed by atoms with E-state index in [1.807, 2.05) is 0 Å². The fraction of sp³-hybridized carbons (Fsp3) is 0.600. The summed E-state index contributed by atoms with van der Waals surface area (Å²) in [6, 6.07) is 0. The SMILES string of the molecule is CN(Cc1ncc[nH]1)C(=O)[C@@H]1CCCO1. The molecule has 0 spiro atoms. The highest BCUT2D eigenvalue weighted by atomic mass is 16.5. The lowest BCUT2D eigenvalue weighted by atomic mass is 10.2. The van der Waals surface area contributed by atoms with Gasteiger partial charge in [-0.3, -0.25) is 4.79 Å². The minimum atomic E-state index is -0.245. The summed E-state index contributed by atoms with van der Waals surface area (Å²) in [4.78, 5) is 20.5. The van der Waals surface area contributed by atoms with E-state index < -0.39 is 0 Å². The highest BCUT2D eigenvalue weighted by Gasteiger charge is 2.26. The van der Waals surface area contributed by atoms with E-state index in [1.54, 1.807) is 24.3 Å². The topological polar surface area (TPSA) is 58.2 Å². The van der Waals surface area contributed by atoms with Gasteiger partial charge in [-0.15, -0.1) is 0 Å². The number of aromatic nitrogens is 2. The first-order valence-corrected chi connectivity index (χ1v) is 5.12. The molecule has 5 nitrogen and oxygen atoms in total. The van der Waals surface area contributed by atoms with Crippen LogP contribution in [-0.2, 0) is 16.1 Å². The molecule has 2 rings (SSSR count). The number of H-pyrrole nitrogens is 1. The van der Waals surface area contributed by atoms with Crippen LogP contribution in [0.3, 0.4) is 0 Å². The van der Waals surface area contributed by atoms with Crippen LogP contribution in [0.15, 0.2) is 12.4 Å². The number of carbonyl (C=O) groups excluding carboxylic acids is 1. The Kier molecular flexibility index (Phi) is 3.01. The largest absolute Gasteiger partial charge is 0.368 e. The maximum absolute atomic E-state index is 11.8. The quantitative estimate of drug-likeness (QED) is 0.790. The summed E-state index contributed by atoms with van der Waals surface area (Å²) in [5.74, 6) is 0.841. The maximum atomic E-state index is 11.8. The molecule has 1 amide bonds. The molecule has 1 saturated heterocycles. The van der Waals surface area contributed by atoms with Crippen molar-refractivity contribution in [2.75, 3.05) is 13.7 Å². The zero-order valence-electron chi connectivity index (χ0n) is 8.77. The molecular weight excluding hydrogens is 194 g/mol. The van der Waals surface area contributed by atoms with E-state index >= 15 is 0 Å². The van der Waals surface area contributed by atoms with Gasteiger partial charge in [0.2, 0.25) is 0 Å². The summed E-state index contributed by atoms with van der Waals surface area (Å²) in [7, 11) is 1.77. The van der Waals surface area contributed by atoms with Crippen molar-refractivity contribution in [3.05, 3.63) is 18.2 Å². The average Bonchev–Trinajstić information content (AvgIpc) is 2.88. The smallest absolute Gasteiger partial charge is 0.251 e. The van der Waals surface area contributed by atoms with Crippen LogP contribution in [0.25, 0.3) is 0 Å². The van der Waals surface area contributed by atoms with Gasteiger partial charge in [0, 0.05) is 26.0 Å². The van der Waals surface area contributed by atoms with Crippen LogP contribution in [0, 0.1) is 0 Å². The number of hydrogen-bond donors (Lipinski definition) is 1. The Morgan fingerprint density at radius 1 is 1.80 bits per heavy atom. The van der Waals surface area contributed by atoms with Gasteiger partial charge in [0.15, 0.2) is 0 Å². The molecule has 0 unspecified atom stereocenters. The standard InChI is InChI=1S/C10H15N3O2/c1-13(7-9-11-4-5-12-9)10(14)8-3-2-6-15-8/h4-5,8H,2-3,6-7H2,1H3,(H,11,12)/t8-/m0/s1. The molecule has 15 heavy (non-hydrogen) atoms. The summed E-state index contributed by atoms with van der Waals surface area (Å²) < 4.78 is 5.33. The van der Waals surface area contributed by atoms with Crippen molar-refractivity contribution in [2.24, 2.45) is 0 Å². The molecule has 5 heteroatoms. The lowest BCUT2D eigenvalue weighted by Crippen LogP contribution is -2.35. The number of ether oxygens (including phenoxy) is 1. The van der Waals surface area contributed by atoms with Gasteiger partial charge >= 0.3 is 0 Å². The summed E-state index contributed by atoms with van der Waals surface area (Å²) >= 11 is 0. The molecule has 2 heterocycles. The molecule has 1 aromatic heterocycles. The van der Waals surface area contributed by atoms with Gasteiger partial charge in [-0.1, -0.05) is 0 Å². The second-order valence-electron chi connectivity index (χ2n) is 3.73. The molecule has 0 aliphatic carbocycles. The summed E-state index contributed by atoms with van der Waals surface area (Å²) in [6.07, 6.45) is 5.00. The summed E-state index contributed by atoms with van der Waals surface area (Å²) in [5.41, 5.74) is 0. The van der Waals surface area contributed by atoms with Gasteiger partial charge in [0.25, 0.3) is 5.91 Å². The highest BCUT2D eigenvalue weighted by Crippen LogP contribution is 2.14. The fourth-order valence-corrected chi connectivity index (χ4v) is 1.71.